The molecule has 6 atom stereocenters. The highest BCUT2D eigenvalue weighted by Gasteiger charge is 2.51. The summed E-state index contributed by atoms with van der Waals surface area (Å²) in [4.78, 5) is 0. The minimum Gasteiger partial charge on any atom is -0.0652 e. The molecule has 234 valence electrons. The van der Waals surface area contributed by atoms with Crippen LogP contribution in [-0.4, -0.2) is 24.2 Å². The van der Waals surface area contributed by atoms with Crippen LogP contribution < -0.4 is 15.6 Å². The molecule has 0 spiro atoms. The Bertz CT molecular complexity index is 1400. The van der Waals surface area contributed by atoms with Gasteiger partial charge in [-0.3, -0.25) is 0 Å². The smallest absolute Gasteiger partial charge is 0.0652 e. The minimum atomic E-state index is -1.44. The van der Waals surface area contributed by atoms with Gasteiger partial charge in [0.25, 0.3) is 0 Å². The summed E-state index contributed by atoms with van der Waals surface area (Å²) < 4.78 is 0. The van der Waals surface area contributed by atoms with Crippen LogP contribution in [0.25, 0.3) is 0 Å². The molecule has 4 aromatic rings. The molecule has 3 aliphatic carbocycles. The average molecular weight is 643 g/mol. The van der Waals surface area contributed by atoms with Crippen molar-refractivity contribution in [1.29, 1.82) is 0 Å². The Kier molecular flexibility index (Phi) is 8.28. The van der Waals surface area contributed by atoms with Crippen LogP contribution >= 0.6 is 0 Å². The van der Waals surface area contributed by atoms with Crippen molar-refractivity contribution < 1.29 is 0 Å². The van der Waals surface area contributed by atoms with Gasteiger partial charge < -0.3 is 0 Å². The van der Waals surface area contributed by atoms with E-state index in [1.807, 2.05) is 0 Å². The first-order chi connectivity index (χ1) is 21.5. The van der Waals surface area contributed by atoms with Crippen molar-refractivity contribution in [2.45, 2.75) is 94.4 Å². The largest absolute Gasteiger partial charge is 0.0839 e. The van der Waals surface area contributed by atoms with Gasteiger partial charge in [-0.2, -0.15) is 0 Å². The molecular formula is C42H54Si3. The van der Waals surface area contributed by atoms with Crippen LogP contribution in [0.2, 0.25) is 55.9 Å². The molecule has 0 amide bonds. The lowest BCUT2D eigenvalue weighted by molar-refractivity contribution is 0.785. The van der Waals surface area contributed by atoms with Gasteiger partial charge >= 0.3 is 0 Å². The second kappa shape index (κ2) is 12.0. The van der Waals surface area contributed by atoms with E-state index in [0.717, 1.165) is 34.4 Å². The normalized spacial score (nSPS) is 26.0. The predicted molar refractivity (Wildman–Crippen MR) is 204 cm³/mol. The first kappa shape index (κ1) is 31.1. The minimum absolute atomic E-state index is 0.867. The van der Waals surface area contributed by atoms with Crippen LogP contribution in [0.5, 0.6) is 0 Å². The van der Waals surface area contributed by atoms with Crippen LogP contribution in [0.1, 0.15) is 36.0 Å². The highest BCUT2D eigenvalue weighted by atomic mass is 28.3. The molecule has 3 saturated carbocycles. The number of hydrogen-bond acceptors (Lipinski definition) is 0. The summed E-state index contributed by atoms with van der Waals surface area (Å²) in [6, 6.07) is 42.4. The molecule has 45 heavy (non-hydrogen) atoms. The highest BCUT2D eigenvalue weighted by molar-refractivity contribution is 6.92. The first-order valence-corrected chi connectivity index (χ1v) is 27.0. The molecule has 4 aromatic carbocycles. The zero-order valence-electron chi connectivity index (χ0n) is 28.6. The van der Waals surface area contributed by atoms with Crippen molar-refractivity contribution in [3.63, 3.8) is 0 Å². The number of hydrogen-bond donors (Lipinski definition) is 0. The third-order valence-electron chi connectivity index (χ3n) is 12.7. The molecule has 0 aliphatic heterocycles. The van der Waals surface area contributed by atoms with Crippen LogP contribution in [0.15, 0.2) is 109 Å². The Morgan fingerprint density at radius 1 is 0.400 bits per heavy atom. The fourth-order valence-electron chi connectivity index (χ4n) is 9.42. The Morgan fingerprint density at radius 3 is 0.889 bits per heavy atom. The summed E-state index contributed by atoms with van der Waals surface area (Å²) in [6.07, 6.45) is 8.13. The molecular weight excluding hydrogens is 589 g/mol. The van der Waals surface area contributed by atoms with Crippen molar-refractivity contribution in [3.05, 3.63) is 126 Å². The lowest BCUT2D eigenvalue weighted by Crippen LogP contribution is -2.42. The molecule has 0 N–H and O–H groups in total. The van der Waals surface area contributed by atoms with E-state index in [4.69, 9.17) is 0 Å². The zero-order valence-corrected chi connectivity index (χ0v) is 31.6. The van der Waals surface area contributed by atoms with E-state index in [1.54, 1.807) is 32.3 Å². The molecule has 0 aromatic heterocycles. The molecule has 7 rings (SSSR count). The lowest BCUT2D eigenvalue weighted by atomic mass is 9.96. The zero-order chi connectivity index (χ0) is 31.4. The van der Waals surface area contributed by atoms with Crippen molar-refractivity contribution in [2.24, 2.45) is 17.8 Å². The third-order valence-corrected chi connectivity index (χ3v) is 25.9. The molecule has 3 fully saturated rings. The first-order valence-electron chi connectivity index (χ1n) is 17.8. The van der Waals surface area contributed by atoms with E-state index in [9.17, 15) is 0 Å². The molecule has 0 radical (unpaired) electrons. The van der Waals surface area contributed by atoms with Gasteiger partial charge in [-0.25, -0.2) is 0 Å². The monoisotopic (exact) mass is 642 g/mol. The maximum atomic E-state index is 2.65. The summed E-state index contributed by atoms with van der Waals surface area (Å²) in [5.41, 5.74) is 7.68. The molecule has 0 heterocycles. The quantitative estimate of drug-likeness (QED) is 0.135. The Hall–Kier alpha value is -2.47. The summed E-state index contributed by atoms with van der Waals surface area (Å²) >= 11 is 0. The Balaban J connectivity index is 1.08. The van der Waals surface area contributed by atoms with E-state index in [2.05, 4.69) is 148 Å². The maximum absolute atomic E-state index is 2.65. The van der Waals surface area contributed by atoms with Crippen LogP contribution in [0, 0.1) is 17.8 Å². The van der Waals surface area contributed by atoms with Gasteiger partial charge in [0.1, 0.15) is 0 Å². The van der Waals surface area contributed by atoms with Gasteiger partial charge in [0.2, 0.25) is 0 Å². The van der Waals surface area contributed by atoms with Crippen LogP contribution in [0.4, 0.5) is 0 Å². The van der Waals surface area contributed by atoms with Crippen LogP contribution in [0.3, 0.4) is 0 Å². The standard InChI is InChI=1S/C42H54Si3/c1-43(2,37-16-10-7-11-17-37)40-28-34(40)25-31-22-32(26-35-29-41(35)44(3,4)38-18-12-8-13-19-38)24-33(23-31)27-36-30-42(36)45(5,6)39-20-14-9-15-21-39/h7-24,34-36,40-42H,25-30H2,1-6H3. The lowest BCUT2D eigenvalue weighted by Gasteiger charge is -2.24. The third kappa shape index (κ3) is 6.55. The summed E-state index contributed by atoms with van der Waals surface area (Å²) in [6.45, 7) is 15.7. The molecule has 0 saturated heterocycles. The fourth-order valence-corrected chi connectivity index (χ4v) is 20.4. The highest BCUT2D eigenvalue weighted by Crippen LogP contribution is 2.56. The van der Waals surface area contributed by atoms with Gasteiger partial charge in [0.05, 0.1) is 24.2 Å². The van der Waals surface area contributed by atoms with Crippen molar-refractivity contribution in [3.8, 4) is 0 Å². The number of benzene rings is 4. The molecule has 3 heteroatoms. The van der Waals surface area contributed by atoms with Gasteiger partial charge in [0.15, 0.2) is 0 Å². The van der Waals surface area contributed by atoms with Gasteiger partial charge in [-0.05, 0) is 89.6 Å². The predicted octanol–water partition coefficient (Wildman–Crippen LogP) is 9.33. The maximum Gasteiger partial charge on any atom is 0.0839 e. The van der Waals surface area contributed by atoms with Gasteiger partial charge in [0, 0.05) is 0 Å². The van der Waals surface area contributed by atoms with E-state index < -0.39 is 24.2 Å². The van der Waals surface area contributed by atoms with Crippen molar-refractivity contribution >= 4 is 39.8 Å². The SMILES string of the molecule is C[Si](C)(c1ccccc1)C1CC1Cc1cc(CC2CC2[Si](C)(C)c2ccccc2)cc(CC2CC2[Si](C)(C)c2ccccc2)c1. The molecule has 6 unspecified atom stereocenters. The summed E-state index contributed by atoms with van der Waals surface area (Å²) in [5, 5.41) is 4.92. The average Bonchev–Trinajstić information content (AvgIpc) is 3.92. The van der Waals surface area contributed by atoms with Crippen LogP contribution in [-0.2, 0) is 19.3 Å². The topological polar surface area (TPSA) is 0 Å². The van der Waals surface area contributed by atoms with E-state index in [-0.39, 0.29) is 0 Å². The Morgan fingerprint density at radius 2 is 0.644 bits per heavy atom. The van der Waals surface area contributed by atoms with Crippen molar-refractivity contribution in [2.75, 3.05) is 0 Å². The van der Waals surface area contributed by atoms with E-state index >= 15 is 0 Å². The van der Waals surface area contributed by atoms with E-state index in [1.165, 1.54) is 38.5 Å². The second-order valence-electron chi connectivity index (χ2n) is 16.8. The fraction of sp³-hybridized carbons (Fsp3) is 0.429. The summed E-state index contributed by atoms with van der Waals surface area (Å²) in [7, 11) is -4.31. The molecule has 0 nitrogen and oxygen atoms in total. The van der Waals surface area contributed by atoms with Gasteiger partial charge in [-0.15, -0.1) is 0 Å². The van der Waals surface area contributed by atoms with Crippen molar-refractivity contribution in [1.82, 2.24) is 0 Å². The molecule has 3 aliphatic rings. The second-order valence-corrected chi connectivity index (χ2v) is 31.1. The number of rotatable bonds is 12. The summed E-state index contributed by atoms with van der Waals surface area (Å²) in [5.74, 6) is 2.60. The molecule has 0 bridgehead atoms. The Labute approximate surface area is 276 Å². The van der Waals surface area contributed by atoms with Gasteiger partial charge in [-0.1, -0.05) is 164 Å². The van der Waals surface area contributed by atoms with E-state index in [0.29, 0.717) is 0 Å².